The van der Waals surface area contributed by atoms with Crippen molar-refractivity contribution in [3.8, 4) is 17.0 Å². The molecule has 1 saturated heterocycles. The monoisotopic (exact) mass is 431 g/mol. The Bertz CT molecular complexity index is 1240. The van der Waals surface area contributed by atoms with Gasteiger partial charge in [0, 0.05) is 43.1 Å². The van der Waals surface area contributed by atoms with E-state index >= 15 is 0 Å². The Morgan fingerprint density at radius 2 is 2.07 bits per heavy atom. The molecule has 2 aromatic heterocycles. The molecule has 0 saturated carbocycles. The van der Waals surface area contributed by atoms with Gasteiger partial charge in [-0.15, -0.1) is 0 Å². The predicted molar refractivity (Wildman–Crippen MR) is 111 cm³/mol. The summed E-state index contributed by atoms with van der Waals surface area (Å²) in [6, 6.07) is 8.66. The number of hydrogen-bond acceptors (Lipinski definition) is 6. The number of aromatic nitrogens is 3. The average molecular weight is 431 g/mol. The van der Waals surface area contributed by atoms with Crippen molar-refractivity contribution in [3.63, 3.8) is 0 Å². The quantitative estimate of drug-likeness (QED) is 0.556. The fourth-order valence-electron chi connectivity index (χ4n) is 4.00. The molecule has 1 unspecified atom stereocenters. The third-order valence-corrected chi connectivity index (χ3v) is 7.42. The number of Topliss-reactive ketones (excluding diaryl/α,β-unsaturated/α-hetero) is 1. The highest BCUT2D eigenvalue weighted by Crippen LogP contribution is 2.37. The smallest absolute Gasteiger partial charge is 0.235 e. The van der Waals surface area contributed by atoms with Crippen LogP contribution in [0.1, 0.15) is 30.6 Å². The third kappa shape index (κ3) is 3.94. The summed E-state index contributed by atoms with van der Waals surface area (Å²) in [6.07, 6.45) is 0.223. The van der Waals surface area contributed by atoms with Crippen molar-refractivity contribution in [2.24, 2.45) is 12.5 Å². The van der Waals surface area contributed by atoms with Gasteiger partial charge in [-0.1, -0.05) is 19.1 Å². The minimum absolute atomic E-state index is 0.0349. The summed E-state index contributed by atoms with van der Waals surface area (Å²) in [5, 5.41) is 4.52. The first-order valence-electron chi connectivity index (χ1n) is 9.53. The number of sulfone groups is 1. The molecule has 0 radical (unpaired) electrons. The van der Waals surface area contributed by atoms with Gasteiger partial charge in [-0.05, 0) is 18.2 Å². The number of halogens is 1. The molecule has 30 heavy (non-hydrogen) atoms. The molecule has 1 fully saturated rings. The summed E-state index contributed by atoms with van der Waals surface area (Å²) in [7, 11) is -1.26. The maximum absolute atomic E-state index is 13.2. The van der Waals surface area contributed by atoms with Crippen LogP contribution in [0.25, 0.3) is 22.3 Å². The van der Waals surface area contributed by atoms with E-state index in [1.807, 2.05) is 13.0 Å². The SMILES string of the molecule is CC(F)Oc1cccc(-c2nn(C)c3cc(C(=O)CC4(C)CS(=O)(=O)C4)cnc23)c1. The molecule has 3 heterocycles. The summed E-state index contributed by atoms with van der Waals surface area (Å²) >= 11 is 0. The first-order valence-corrected chi connectivity index (χ1v) is 11.3. The van der Waals surface area contributed by atoms with Crippen LogP contribution in [0.5, 0.6) is 5.75 Å². The predicted octanol–water partition coefficient (Wildman–Crippen LogP) is 3.34. The van der Waals surface area contributed by atoms with E-state index in [9.17, 15) is 17.6 Å². The van der Waals surface area contributed by atoms with Crippen LogP contribution >= 0.6 is 0 Å². The minimum atomic E-state index is -3.01. The lowest BCUT2D eigenvalue weighted by atomic mass is 9.86. The molecule has 1 aliphatic rings. The van der Waals surface area contributed by atoms with Crippen LogP contribution in [0.4, 0.5) is 4.39 Å². The van der Waals surface area contributed by atoms with E-state index in [0.717, 1.165) is 5.56 Å². The number of carbonyl (C=O) groups excluding carboxylic acids is 1. The Hall–Kier alpha value is -2.81. The maximum Gasteiger partial charge on any atom is 0.235 e. The molecule has 9 heteroatoms. The van der Waals surface area contributed by atoms with E-state index in [-0.39, 0.29) is 23.7 Å². The number of alkyl halides is 1. The van der Waals surface area contributed by atoms with E-state index in [1.165, 1.54) is 13.1 Å². The van der Waals surface area contributed by atoms with Crippen molar-refractivity contribution in [2.45, 2.75) is 26.6 Å². The Labute approximate surface area is 173 Å². The van der Waals surface area contributed by atoms with Crippen molar-refractivity contribution in [2.75, 3.05) is 11.5 Å². The number of nitrogens with zero attached hydrogens (tertiary/aromatic N) is 3. The Balaban J connectivity index is 1.64. The van der Waals surface area contributed by atoms with Crippen LogP contribution in [-0.2, 0) is 16.9 Å². The van der Waals surface area contributed by atoms with E-state index in [2.05, 4.69) is 10.1 Å². The second kappa shape index (κ2) is 7.16. The van der Waals surface area contributed by atoms with Gasteiger partial charge in [0.15, 0.2) is 15.6 Å². The molecular weight excluding hydrogens is 409 g/mol. The van der Waals surface area contributed by atoms with Crippen LogP contribution in [0, 0.1) is 5.41 Å². The zero-order valence-electron chi connectivity index (χ0n) is 16.9. The molecule has 1 atom stereocenters. The normalized spacial score (nSPS) is 18.0. The van der Waals surface area contributed by atoms with Gasteiger partial charge in [-0.25, -0.2) is 12.8 Å². The molecule has 158 valence electrons. The summed E-state index contributed by atoms with van der Waals surface area (Å²) in [5.41, 5.74) is 2.50. The van der Waals surface area contributed by atoms with Crippen molar-refractivity contribution >= 4 is 26.7 Å². The molecule has 0 aliphatic carbocycles. The fourth-order valence-corrected chi connectivity index (χ4v) is 6.24. The molecular formula is C21H22FN3O4S. The van der Waals surface area contributed by atoms with Crippen LogP contribution in [0.15, 0.2) is 36.5 Å². The second-order valence-electron chi connectivity index (χ2n) is 8.20. The summed E-state index contributed by atoms with van der Waals surface area (Å²) < 4.78 is 42.9. The Morgan fingerprint density at radius 1 is 1.33 bits per heavy atom. The number of ketones is 1. The topological polar surface area (TPSA) is 91.2 Å². The first kappa shape index (κ1) is 20.5. The Kier molecular flexibility index (Phi) is 4.88. The number of hydrogen-bond donors (Lipinski definition) is 0. The first-order chi connectivity index (χ1) is 14.1. The lowest BCUT2D eigenvalue weighted by molar-refractivity contribution is 0.0860. The van der Waals surface area contributed by atoms with E-state index < -0.39 is 21.6 Å². The number of ether oxygens (including phenoxy) is 1. The highest BCUT2D eigenvalue weighted by molar-refractivity contribution is 7.92. The number of rotatable bonds is 6. The van der Waals surface area contributed by atoms with Gasteiger partial charge >= 0.3 is 0 Å². The van der Waals surface area contributed by atoms with Gasteiger partial charge in [0.25, 0.3) is 0 Å². The summed E-state index contributed by atoms with van der Waals surface area (Å²) in [6.45, 7) is 3.12. The van der Waals surface area contributed by atoms with Crippen molar-refractivity contribution in [1.82, 2.24) is 14.8 Å². The van der Waals surface area contributed by atoms with Gasteiger partial charge in [0.1, 0.15) is 17.0 Å². The standard InChI is InChI=1S/C21H22FN3O4S/c1-13(22)29-16-6-4-5-14(7-16)19-20-17(25(3)24-19)8-15(10-23-20)18(26)9-21(2)11-30(27,28)12-21/h4-8,10,13H,9,11-12H2,1-3H3. The zero-order chi connectivity index (χ0) is 21.7. The number of carbonyl (C=O) groups is 1. The Morgan fingerprint density at radius 3 is 2.73 bits per heavy atom. The van der Waals surface area contributed by atoms with Crippen LogP contribution in [0.2, 0.25) is 0 Å². The van der Waals surface area contributed by atoms with Crippen molar-refractivity contribution in [1.29, 1.82) is 0 Å². The molecule has 0 bridgehead atoms. The number of benzene rings is 1. The number of aryl methyl sites for hydroxylation is 1. The highest BCUT2D eigenvalue weighted by atomic mass is 32.2. The van der Waals surface area contributed by atoms with Gasteiger partial charge in [0.2, 0.25) is 6.36 Å². The minimum Gasteiger partial charge on any atom is -0.461 e. The van der Waals surface area contributed by atoms with Crippen LogP contribution in [0.3, 0.4) is 0 Å². The molecule has 0 spiro atoms. The van der Waals surface area contributed by atoms with Gasteiger partial charge in [-0.2, -0.15) is 5.10 Å². The molecule has 1 aromatic carbocycles. The highest BCUT2D eigenvalue weighted by Gasteiger charge is 2.45. The second-order valence-corrected chi connectivity index (χ2v) is 10.3. The lowest BCUT2D eigenvalue weighted by Crippen LogP contribution is -2.47. The van der Waals surface area contributed by atoms with Gasteiger partial charge < -0.3 is 4.74 Å². The largest absolute Gasteiger partial charge is 0.461 e. The zero-order valence-corrected chi connectivity index (χ0v) is 17.7. The van der Waals surface area contributed by atoms with Gasteiger partial charge in [0.05, 0.1) is 17.0 Å². The van der Waals surface area contributed by atoms with Crippen LogP contribution in [-0.4, -0.2) is 46.8 Å². The van der Waals surface area contributed by atoms with E-state index in [1.54, 1.807) is 36.0 Å². The molecule has 0 amide bonds. The van der Waals surface area contributed by atoms with Crippen molar-refractivity contribution < 1.29 is 22.3 Å². The van der Waals surface area contributed by atoms with E-state index in [0.29, 0.717) is 28.0 Å². The molecule has 0 N–H and O–H groups in total. The molecule has 7 nitrogen and oxygen atoms in total. The van der Waals surface area contributed by atoms with Gasteiger partial charge in [-0.3, -0.25) is 14.5 Å². The molecule has 4 rings (SSSR count). The molecule has 3 aromatic rings. The van der Waals surface area contributed by atoms with Crippen molar-refractivity contribution in [3.05, 3.63) is 42.1 Å². The van der Waals surface area contributed by atoms with Crippen LogP contribution < -0.4 is 4.74 Å². The lowest BCUT2D eigenvalue weighted by Gasteiger charge is -2.37. The fraction of sp³-hybridized carbons (Fsp3) is 0.381. The summed E-state index contributed by atoms with van der Waals surface area (Å²) in [5.74, 6) is 0.314. The van der Waals surface area contributed by atoms with E-state index in [4.69, 9.17) is 4.74 Å². The third-order valence-electron chi connectivity index (χ3n) is 5.14. The maximum atomic E-state index is 13.2. The average Bonchev–Trinajstić information content (AvgIpc) is 2.95. The molecule has 1 aliphatic heterocycles. The number of fused-ring (bicyclic) bond motifs is 1. The summed E-state index contributed by atoms with van der Waals surface area (Å²) in [4.78, 5) is 17.2. The number of pyridine rings is 1.